The minimum atomic E-state index is -0.779. The Morgan fingerprint density at radius 2 is 2.15 bits per heavy atom. The van der Waals surface area contributed by atoms with Crippen LogP contribution >= 0.6 is 0 Å². The molecule has 2 rings (SSSR count). The van der Waals surface area contributed by atoms with Crippen molar-refractivity contribution in [3.05, 3.63) is 47.3 Å². The number of aromatic nitrogens is 2. The lowest BCUT2D eigenvalue weighted by atomic mass is 10.1. The first-order valence-corrected chi connectivity index (χ1v) is 6.61. The van der Waals surface area contributed by atoms with Gasteiger partial charge < -0.3 is 10.4 Å². The number of nitrogens with one attached hydrogen (secondary N) is 1. The van der Waals surface area contributed by atoms with E-state index in [9.17, 15) is 4.79 Å². The van der Waals surface area contributed by atoms with Gasteiger partial charge in [0.05, 0.1) is 17.8 Å². The Labute approximate surface area is 118 Å². The van der Waals surface area contributed by atoms with Crippen molar-refractivity contribution in [2.45, 2.75) is 26.8 Å². The van der Waals surface area contributed by atoms with E-state index in [0.717, 1.165) is 11.4 Å². The van der Waals surface area contributed by atoms with Crippen molar-refractivity contribution in [1.29, 1.82) is 0 Å². The average molecular weight is 273 g/mol. The van der Waals surface area contributed by atoms with Gasteiger partial charge in [0.15, 0.2) is 0 Å². The van der Waals surface area contributed by atoms with Gasteiger partial charge in [0, 0.05) is 19.3 Å². The molecule has 0 aliphatic rings. The molecule has 0 atom stereocenters. The molecule has 1 aromatic heterocycles. The van der Waals surface area contributed by atoms with Crippen molar-refractivity contribution in [1.82, 2.24) is 15.1 Å². The summed E-state index contributed by atoms with van der Waals surface area (Å²) in [4.78, 5) is 10.4. The van der Waals surface area contributed by atoms with E-state index in [1.807, 2.05) is 36.9 Å². The van der Waals surface area contributed by atoms with Crippen LogP contribution in [-0.2, 0) is 11.3 Å². The highest BCUT2D eigenvalue weighted by Crippen LogP contribution is 2.14. The topological polar surface area (TPSA) is 67.2 Å². The van der Waals surface area contributed by atoms with Crippen LogP contribution in [0, 0.1) is 13.8 Å². The van der Waals surface area contributed by atoms with Crippen LogP contribution in [0.1, 0.15) is 23.2 Å². The van der Waals surface area contributed by atoms with Crippen molar-refractivity contribution in [3.63, 3.8) is 0 Å². The molecule has 5 nitrogen and oxygen atoms in total. The van der Waals surface area contributed by atoms with Gasteiger partial charge in [0.1, 0.15) is 0 Å². The first kappa shape index (κ1) is 14.3. The average Bonchev–Trinajstić information content (AvgIpc) is 2.82. The molecule has 0 bridgehead atoms. The number of hydrogen-bond donors (Lipinski definition) is 2. The molecule has 1 heterocycles. The lowest BCUT2D eigenvalue weighted by Crippen LogP contribution is -2.18. The Kier molecular flexibility index (Phi) is 4.53. The van der Waals surface area contributed by atoms with Crippen molar-refractivity contribution in [2.24, 2.45) is 0 Å². The van der Waals surface area contributed by atoms with Crippen molar-refractivity contribution in [3.8, 4) is 5.69 Å². The maximum absolute atomic E-state index is 10.4. The zero-order valence-electron chi connectivity index (χ0n) is 11.8. The normalized spacial score (nSPS) is 10.7. The van der Waals surface area contributed by atoms with Gasteiger partial charge >= 0.3 is 5.97 Å². The zero-order valence-corrected chi connectivity index (χ0v) is 11.8. The van der Waals surface area contributed by atoms with E-state index in [-0.39, 0.29) is 6.42 Å². The Balaban J connectivity index is 2.01. The number of hydrogen-bond acceptors (Lipinski definition) is 3. The molecule has 106 valence electrons. The number of benzene rings is 1. The Morgan fingerprint density at radius 3 is 2.75 bits per heavy atom. The summed E-state index contributed by atoms with van der Waals surface area (Å²) in [6, 6.07) is 8.13. The lowest BCUT2D eigenvalue weighted by Gasteiger charge is -2.09. The third kappa shape index (κ3) is 3.68. The molecule has 20 heavy (non-hydrogen) atoms. The number of aryl methyl sites for hydroxylation is 2. The third-order valence-corrected chi connectivity index (χ3v) is 3.14. The first-order valence-electron chi connectivity index (χ1n) is 6.61. The van der Waals surface area contributed by atoms with Gasteiger partial charge in [-0.25, -0.2) is 4.68 Å². The molecule has 0 saturated carbocycles. The number of carbonyl (C=O) groups is 1. The summed E-state index contributed by atoms with van der Waals surface area (Å²) < 4.78 is 1.85. The van der Waals surface area contributed by atoms with Gasteiger partial charge in [-0.05, 0) is 43.2 Å². The number of rotatable bonds is 6. The van der Waals surface area contributed by atoms with Crippen LogP contribution in [0.5, 0.6) is 0 Å². The molecule has 0 amide bonds. The third-order valence-electron chi connectivity index (χ3n) is 3.14. The molecule has 2 N–H and O–H groups in total. The Morgan fingerprint density at radius 1 is 1.35 bits per heavy atom. The quantitative estimate of drug-likeness (QED) is 0.791. The van der Waals surface area contributed by atoms with E-state index in [1.54, 1.807) is 0 Å². The van der Waals surface area contributed by atoms with Crippen molar-refractivity contribution < 1.29 is 9.90 Å². The molecule has 1 aromatic carbocycles. The first-order chi connectivity index (χ1) is 9.56. The van der Waals surface area contributed by atoms with Crippen LogP contribution in [0.25, 0.3) is 5.69 Å². The molecule has 2 aromatic rings. The van der Waals surface area contributed by atoms with Crippen LogP contribution < -0.4 is 5.32 Å². The largest absolute Gasteiger partial charge is 0.481 e. The standard InChI is InChI=1S/C15H19N3O2/c1-11-9-14(18-8-6-12(2)17-18)4-3-13(11)10-16-7-5-15(19)20/h3-4,6,8-9,16H,5,7,10H2,1-2H3,(H,19,20). The summed E-state index contributed by atoms with van der Waals surface area (Å²) in [6.07, 6.45) is 2.08. The minimum absolute atomic E-state index is 0.143. The summed E-state index contributed by atoms with van der Waals surface area (Å²) in [5.74, 6) is -0.779. The van der Waals surface area contributed by atoms with Crippen molar-refractivity contribution >= 4 is 5.97 Å². The Bertz CT molecular complexity index is 605. The van der Waals surface area contributed by atoms with Crippen molar-refractivity contribution in [2.75, 3.05) is 6.54 Å². The SMILES string of the molecule is Cc1ccn(-c2ccc(CNCCC(=O)O)c(C)c2)n1. The number of carboxylic acids is 1. The van der Waals surface area contributed by atoms with Crippen LogP contribution in [0.3, 0.4) is 0 Å². The fourth-order valence-electron chi connectivity index (χ4n) is 2.00. The monoisotopic (exact) mass is 273 g/mol. The maximum atomic E-state index is 10.4. The van der Waals surface area contributed by atoms with Crippen LogP contribution in [0.15, 0.2) is 30.5 Å². The van der Waals surface area contributed by atoms with Gasteiger partial charge in [-0.3, -0.25) is 4.79 Å². The number of aliphatic carboxylic acids is 1. The van der Waals surface area contributed by atoms with E-state index in [4.69, 9.17) is 5.11 Å². The highest BCUT2D eigenvalue weighted by molar-refractivity contribution is 5.66. The lowest BCUT2D eigenvalue weighted by molar-refractivity contribution is -0.136. The van der Waals surface area contributed by atoms with E-state index in [1.165, 1.54) is 11.1 Å². The molecule has 0 saturated heterocycles. The molecule has 5 heteroatoms. The van der Waals surface area contributed by atoms with Gasteiger partial charge in [-0.1, -0.05) is 6.07 Å². The predicted molar refractivity (Wildman–Crippen MR) is 77.0 cm³/mol. The molecular formula is C15H19N3O2. The molecule has 0 fully saturated rings. The van der Waals surface area contributed by atoms with Crippen LogP contribution in [0.4, 0.5) is 0 Å². The zero-order chi connectivity index (χ0) is 14.5. The summed E-state index contributed by atoms with van der Waals surface area (Å²) in [5, 5.41) is 16.1. The molecule has 0 unspecified atom stereocenters. The highest BCUT2D eigenvalue weighted by Gasteiger charge is 2.03. The highest BCUT2D eigenvalue weighted by atomic mass is 16.4. The second-order valence-electron chi connectivity index (χ2n) is 4.83. The number of nitrogens with zero attached hydrogens (tertiary/aromatic N) is 2. The minimum Gasteiger partial charge on any atom is -0.481 e. The van der Waals surface area contributed by atoms with E-state index in [2.05, 4.69) is 22.5 Å². The van der Waals surface area contributed by atoms with E-state index in [0.29, 0.717) is 13.1 Å². The number of carboxylic acid groups (broad SMARTS) is 1. The smallest absolute Gasteiger partial charge is 0.304 e. The van der Waals surface area contributed by atoms with Gasteiger partial charge in [-0.2, -0.15) is 5.10 Å². The Hall–Kier alpha value is -2.14. The van der Waals surface area contributed by atoms with Gasteiger partial charge in [0.25, 0.3) is 0 Å². The molecule has 0 spiro atoms. The summed E-state index contributed by atoms with van der Waals surface area (Å²) in [5.41, 5.74) is 4.36. The second-order valence-corrected chi connectivity index (χ2v) is 4.83. The molecule has 0 radical (unpaired) electrons. The molecule has 0 aliphatic carbocycles. The van der Waals surface area contributed by atoms with Gasteiger partial charge in [0.2, 0.25) is 0 Å². The predicted octanol–water partition coefficient (Wildman–Crippen LogP) is 2.05. The fourth-order valence-corrected chi connectivity index (χ4v) is 2.00. The maximum Gasteiger partial charge on any atom is 0.304 e. The summed E-state index contributed by atoms with van der Waals surface area (Å²) >= 11 is 0. The van der Waals surface area contributed by atoms with Crippen LogP contribution in [-0.4, -0.2) is 27.4 Å². The molecular weight excluding hydrogens is 254 g/mol. The summed E-state index contributed by atoms with van der Waals surface area (Å²) in [7, 11) is 0. The molecule has 0 aliphatic heterocycles. The fraction of sp³-hybridized carbons (Fsp3) is 0.333. The van der Waals surface area contributed by atoms with Crippen LogP contribution in [0.2, 0.25) is 0 Å². The van der Waals surface area contributed by atoms with E-state index < -0.39 is 5.97 Å². The second kappa shape index (κ2) is 6.34. The van der Waals surface area contributed by atoms with E-state index >= 15 is 0 Å². The van der Waals surface area contributed by atoms with Gasteiger partial charge in [-0.15, -0.1) is 0 Å². The summed E-state index contributed by atoms with van der Waals surface area (Å²) in [6.45, 7) is 5.17.